The molecule has 1 aromatic carbocycles. The summed E-state index contributed by atoms with van der Waals surface area (Å²) in [6.07, 6.45) is 4.62. The summed E-state index contributed by atoms with van der Waals surface area (Å²) in [5.41, 5.74) is 1.06. The zero-order valence-electron chi connectivity index (χ0n) is 12.7. The number of nitrogens with one attached hydrogen (secondary N) is 2. The Labute approximate surface area is 121 Å². The molecule has 0 saturated carbocycles. The molecule has 2 N–H and O–H groups in total. The average Bonchev–Trinajstić information content (AvgIpc) is 2.46. The van der Waals surface area contributed by atoms with E-state index >= 15 is 0 Å². The summed E-state index contributed by atoms with van der Waals surface area (Å²) in [4.78, 5) is 11.7. The molecule has 0 aliphatic heterocycles. The highest BCUT2D eigenvalue weighted by molar-refractivity contribution is 5.74. The van der Waals surface area contributed by atoms with Crippen molar-refractivity contribution in [3.05, 3.63) is 29.8 Å². The Morgan fingerprint density at radius 3 is 2.55 bits per heavy atom. The van der Waals surface area contributed by atoms with Crippen molar-refractivity contribution in [3.63, 3.8) is 0 Å². The maximum Gasteiger partial charge on any atom is 0.315 e. The Morgan fingerprint density at radius 1 is 1.25 bits per heavy atom. The SMILES string of the molecule is CCCCCC(C)NC(=O)NCc1ccc(OC)cc1. The van der Waals surface area contributed by atoms with Gasteiger partial charge >= 0.3 is 6.03 Å². The van der Waals surface area contributed by atoms with Crippen LogP contribution in [0.1, 0.15) is 45.1 Å². The second-order valence-electron chi connectivity index (χ2n) is 5.07. The molecule has 4 heteroatoms. The lowest BCUT2D eigenvalue weighted by Crippen LogP contribution is -2.40. The van der Waals surface area contributed by atoms with Crippen LogP contribution in [0.5, 0.6) is 5.75 Å². The van der Waals surface area contributed by atoms with Crippen molar-refractivity contribution < 1.29 is 9.53 Å². The molecule has 20 heavy (non-hydrogen) atoms. The van der Waals surface area contributed by atoms with Crippen LogP contribution in [-0.4, -0.2) is 19.2 Å². The predicted octanol–water partition coefficient (Wildman–Crippen LogP) is 3.46. The fraction of sp³-hybridized carbons (Fsp3) is 0.562. The molecule has 0 fully saturated rings. The second-order valence-corrected chi connectivity index (χ2v) is 5.07. The van der Waals surface area contributed by atoms with E-state index in [2.05, 4.69) is 17.6 Å². The second kappa shape index (κ2) is 9.23. The minimum absolute atomic E-state index is 0.107. The summed E-state index contributed by atoms with van der Waals surface area (Å²) in [6.45, 7) is 4.75. The first-order chi connectivity index (χ1) is 9.65. The zero-order chi connectivity index (χ0) is 14.8. The van der Waals surface area contributed by atoms with Gasteiger partial charge in [0.2, 0.25) is 0 Å². The molecular weight excluding hydrogens is 252 g/mol. The van der Waals surface area contributed by atoms with E-state index in [1.54, 1.807) is 7.11 Å². The van der Waals surface area contributed by atoms with E-state index in [1.807, 2.05) is 31.2 Å². The summed E-state index contributed by atoms with van der Waals surface area (Å²) < 4.78 is 5.09. The molecule has 0 radical (unpaired) electrons. The molecule has 112 valence electrons. The number of ether oxygens (including phenoxy) is 1. The molecule has 1 aromatic rings. The van der Waals surface area contributed by atoms with Gasteiger partial charge in [-0.05, 0) is 31.0 Å². The molecule has 0 aromatic heterocycles. The maximum atomic E-state index is 11.7. The molecule has 1 atom stereocenters. The Kier molecular flexibility index (Phi) is 7.55. The number of hydrogen-bond donors (Lipinski definition) is 2. The lowest BCUT2D eigenvalue weighted by atomic mass is 10.1. The molecule has 1 unspecified atom stereocenters. The molecule has 0 heterocycles. The van der Waals surface area contributed by atoms with Gasteiger partial charge < -0.3 is 15.4 Å². The Morgan fingerprint density at radius 2 is 1.95 bits per heavy atom. The van der Waals surface area contributed by atoms with E-state index < -0.39 is 0 Å². The fourth-order valence-electron chi connectivity index (χ4n) is 1.97. The fourth-order valence-corrected chi connectivity index (χ4v) is 1.97. The van der Waals surface area contributed by atoms with Gasteiger partial charge in [-0.3, -0.25) is 0 Å². The number of methoxy groups -OCH3 is 1. The number of urea groups is 1. The van der Waals surface area contributed by atoms with Crippen molar-refractivity contribution in [2.75, 3.05) is 7.11 Å². The van der Waals surface area contributed by atoms with E-state index in [4.69, 9.17) is 4.74 Å². The third-order valence-electron chi connectivity index (χ3n) is 3.23. The van der Waals surface area contributed by atoms with Crippen molar-refractivity contribution in [1.82, 2.24) is 10.6 Å². The van der Waals surface area contributed by atoms with Crippen LogP contribution in [0.2, 0.25) is 0 Å². The van der Waals surface area contributed by atoms with Crippen LogP contribution < -0.4 is 15.4 Å². The van der Waals surface area contributed by atoms with Crippen LogP contribution in [0.4, 0.5) is 4.79 Å². The van der Waals surface area contributed by atoms with E-state index in [1.165, 1.54) is 12.8 Å². The largest absolute Gasteiger partial charge is 0.497 e. The van der Waals surface area contributed by atoms with E-state index in [0.717, 1.165) is 24.2 Å². The first kappa shape index (κ1) is 16.3. The van der Waals surface area contributed by atoms with Gasteiger partial charge in [0.05, 0.1) is 7.11 Å². The number of carbonyl (C=O) groups is 1. The number of carbonyl (C=O) groups excluding carboxylic acids is 1. The lowest BCUT2D eigenvalue weighted by Gasteiger charge is -2.14. The van der Waals surface area contributed by atoms with Crippen LogP contribution in [0.25, 0.3) is 0 Å². The van der Waals surface area contributed by atoms with E-state index in [9.17, 15) is 4.79 Å². The smallest absolute Gasteiger partial charge is 0.315 e. The standard InChI is InChI=1S/C16H26N2O2/c1-4-5-6-7-13(2)18-16(19)17-12-14-8-10-15(20-3)11-9-14/h8-11,13H,4-7,12H2,1-3H3,(H2,17,18,19). The molecule has 0 aliphatic rings. The summed E-state index contributed by atoms with van der Waals surface area (Å²) in [5.74, 6) is 0.822. The van der Waals surface area contributed by atoms with Gasteiger partial charge in [0, 0.05) is 12.6 Å². The zero-order valence-corrected chi connectivity index (χ0v) is 12.7. The summed E-state index contributed by atoms with van der Waals surface area (Å²) in [7, 11) is 1.64. The first-order valence-electron chi connectivity index (χ1n) is 7.33. The summed E-state index contributed by atoms with van der Waals surface area (Å²) in [5, 5.41) is 5.82. The number of amides is 2. The number of rotatable bonds is 8. The van der Waals surface area contributed by atoms with Gasteiger partial charge in [-0.1, -0.05) is 38.3 Å². The molecule has 0 bridgehead atoms. The quantitative estimate of drug-likeness (QED) is 0.715. The molecule has 0 aliphatic carbocycles. The maximum absolute atomic E-state index is 11.7. The third kappa shape index (κ3) is 6.45. The van der Waals surface area contributed by atoms with Gasteiger partial charge in [-0.2, -0.15) is 0 Å². The monoisotopic (exact) mass is 278 g/mol. The number of unbranched alkanes of at least 4 members (excludes halogenated alkanes) is 2. The van der Waals surface area contributed by atoms with Gasteiger partial charge in [0.15, 0.2) is 0 Å². The minimum Gasteiger partial charge on any atom is -0.497 e. The topological polar surface area (TPSA) is 50.4 Å². The highest BCUT2D eigenvalue weighted by Crippen LogP contribution is 2.10. The summed E-state index contributed by atoms with van der Waals surface area (Å²) in [6, 6.07) is 7.79. The van der Waals surface area contributed by atoms with Crippen LogP contribution in [0.3, 0.4) is 0 Å². The number of benzene rings is 1. The van der Waals surface area contributed by atoms with Crippen molar-refractivity contribution in [2.45, 2.75) is 52.1 Å². The number of hydrogen-bond acceptors (Lipinski definition) is 2. The lowest BCUT2D eigenvalue weighted by molar-refractivity contribution is 0.236. The predicted molar refractivity (Wildman–Crippen MR) is 82.0 cm³/mol. The van der Waals surface area contributed by atoms with E-state index in [0.29, 0.717) is 6.54 Å². The first-order valence-corrected chi connectivity index (χ1v) is 7.33. The van der Waals surface area contributed by atoms with Crippen molar-refractivity contribution in [2.24, 2.45) is 0 Å². The van der Waals surface area contributed by atoms with Gasteiger partial charge in [0.1, 0.15) is 5.75 Å². The third-order valence-corrected chi connectivity index (χ3v) is 3.23. The van der Waals surface area contributed by atoms with Crippen LogP contribution in [0, 0.1) is 0 Å². The van der Waals surface area contributed by atoms with Crippen LogP contribution in [-0.2, 0) is 6.54 Å². The molecular formula is C16H26N2O2. The summed E-state index contributed by atoms with van der Waals surface area (Å²) >= 11 is 0. The minimum atomic E-state index is -0.107. The molecule has 0 spiro atoms. The molecule has 1 rings (SSSR count). The molecule has 2 amide bonds. The van der Waals surface area contributed by atoms with E-state index in [-0.39, 0.29) is 12.1 Å². The highest BCUT2D eigenvalue weighted by Gasteiger charge is 2.06. The van der Waals surface area contributed by atoms with Gasteiger partial charge in [-0.15, -0.1) is 0 Å². The Balaban J connectivity index is 2.24. The van der Waals surface area contributed by atoms with Crippen molar-refractivity contribution in [3.8, 4) is 5.75 Å². The Hall–Kier alpha value is -1.71. The van der Waals surface area contributed by atoms with Crippen molar-refractivity contribution in [1.29, 1.82) is 0 Å². The average molecular weight is 278 g/mol. The van der Waals surface area contributed by atoms with Gasteiger partial charge in [-0.25, -0.2) is 4.79 Å². The Bertz CT molecular complexity index is 390. The van der Waals surface area contributed by atoms with Crippen LogP contribution >= 0.6 is 0 Å². The normalized spacial score (nSPS) is 11.8. The van der Waals surface area contributed by atoms with Crippen LogP contribution in [0.15, 0.2) is 24.3 Å². The molecule has 4 nitrogen and oxygen atoms in total. The molecule has 0 saturated heterocycles. The van der Waals surface area contributed by atoms with Crippen molar-refractivity contribution >= 4 is 6.03 Å². The highest BCUT2D eigenvalue weighted by atomic mass is 16.5. The van der Waals surface area contributed by atoms with Gasteiger partial charge in [0.25, 0.3) is 0 Å².